The Bertz CT molecular complexity index is 966. The number of nitrogens with zero attached hydrogens (tertiary/aromatic N) is 2. The molecule has 0 spiro atoms. The van der Waals surface area contributed by atoms with Gasteiger partial charge in [-0.2, -0.15) is 5.10 Å². The van der Waals surface area contributed by atoms with Gasteiger partial charge in [0.05, 0.1) is 17.4 Å². The predicted octanol–water partition coefficient (Wildman–Crippen LogP) is 4.10. The lowest BCUT2D eigenvalue weighted by molar-refractivity contribution is 0.466. The molecule has 2 atom stereocenters. The van der Waals surface area contributed by atoms with E-state index in [4.69, 9.17) is 5.10 Å². The summed E-state index contributed by atoms with van der Waals surface area (Å²) in [5, 5.41) is 6.18. The zero-order valence-corrected chi connectivity index (χ0v) is 14.1. The fourth-order valence-corrected chi connectivity index (χ4v) is 4.48. The maximum Gasteiger partial charge on any atom is 0.0898 e. The van der Waals surface area contributed by atoms with Crippen LogP contribution < -0.4 is 5.43 Å². The third-order valence-electron chi connectivity index (χ3n) is 5.64. The van der Waals surface area contributed by atoms with Crippen LogP contribution in [0.2, 0.25) is 0 Å². The number of benzene rings is 2. The van der Waals surface area contributed by atoms with E-state index < -0.39 is 0 Å². The van der Waals surface area contributed by atoms with Crippen molar-refractivity contribution in [3.8, 4) is 0 Å². The molecule has 1 aromatic heterocycles. The summed E-state index contributed by atoms with van der Waals surface area (Å²) in [6.45, 7) is 2.17. The van der Waals surface area contributed by atoms with Crippen molar-refractivity contribution in [1.82, 2.24) is 9.99 Å². The van der Waals surface area contributed by atoms with Crippen LogP contribution in [0.4, 0.5) is 0 Å². The third-order valence-corrected chi connectivity index (χ3v) is 5.64. The monoisotopic (exact) mass is 315 g/mol. The van der Waals surface area contributed by atoms with E-state index in [0.29, 0.717) is 12.0 Å². The lowest BCUT2D eigenvalue weighted by Crippen LogP contribution is -2.27. The van der Waals surface area contributed by atoms with Gasteiger partial charge >= 0.3 is 0 Å². The van der Waals surface area contributed by atoms with Crippen molar-refractivity contribution in [2.45, 2.75) is 25.8 Å². The van der Waals surface area contributed by atoms with Crippen LogP contribution >= 0.6 is 0 Å². The number of hydrazone groups is 1. The summed E-state index contributed by atoms with van der Waals surface area (Å²) in [6, 6.07) is 17.8. The van der Waals surface area contributed by atoms with Crippen LogP contribution in [0.5, 0.6) is 0 Å². The Balaban J connectivity index is 1.64. The highest BCUT2D eigenvalue weighted by atomic mass is 15.3. The Kier molecular flexibility index (Phi) is 2.87. The second-order valence-corrected chi connectivity index (χ2v) is 7.07. The smallest absolute Gasteiger partial charge is 0.0898 e. The Labute approximate surface area is 142 Å². The van der Waals surface area contributed by atoms with Gasteiger partial charge in [0.15, 0.2) is 0 Å². The molecule has 0 fully saturated rings. The molecule has 0 amide bonds. The molecule has 24 heavy (non-hydrogen) atoms. The van der Waals surface area contributed by atoms with Gasteiger partial charge in [0.1, 0.15) is 0 Å². The van der Waals surface area contributed by atoms with E-state index in [9.17, 15) is 0 Å². The SMILES string of the molecule is Cc1ccc2c(c1)c1c(n2C)C2=NN[C@H](c3ccccc3)[C@H]2CC1. The highest BCUT2D eigenvalue weighted by molar-refractivity contribution is 6.09. The number of nitrogens with one attached hydrogen (secondary N) is 1. The van der Waals surface area contributed by atoms with Gasteiger partial charge < -0.3 is 9.99 Å². The van der Waals surface area contributed by atoms with E-state index in [1.807, 2.05) is 0 Å². The minimum Gasteiger partial charge on any atom is -0.342 e. The highest BCUT2D eigenvalue weighted by Crippen LogP contribution is 2.41. The van der Waals surface area contributed by atoms with E-state index in [1.165, 1.54) is 39.0 Å². The summed E-state index contributed by atoms with van der Waals surface area (Å²) >= 11 is 0. The molecule has 3 aromatic rings. The number of hydrogen-bond acceptors (Lipinski definition) is 2. The molecule has 2 aliphatic rings. The zero-order chi connectivity index (χ0) is 16.3. The minimum absolute atomic E-state index is 0.300. The molecule has 2 heterocycles. The third kappa shape index (κ3) is 1.81. The molecule has 1 aliphatic carbocycles. The van der Waals surface area contributed by atoms with E-state index >= 15 is 0 Å². The van der Waals surface area contributed by atoms with Gasteiger partial charge in [0.25, 0.3) is 0 Å². The molecule has 0 unspecified atom stereocenters. The summed E-state index contributed by atoms with van der Waals surface area (Å²) in [5.41, 5.74) is 11.4. The molecule has 3 heteroatoms. The number of fused-ring (bicyclic) bond motifs is 5. The predicted molar refractivity (Wildman–Crippen MR) is 98.3 cm³/mol. The van der Waals surface area contributed by atoms with Gasteiger partial charge in [-0.05, 0) is 43.0 Å². The fraction of sp³-hybridized carbons (Fsp3) is 0.286. The van der Waals surface area contributed by atoms with Crippen molar-refractivity contribution >= 4 is 16.6 Å². The Morgan fingerprint density at radius 3 is 2.79 bits per heavy atom. The lowest BCUT2D eigenvalue weighted by atomic mass is 9.79. The standard InChI is InChI=1S/C21H21N3/c1-13-8-11-18-17(12-13)15-9-10-16-19(14-6-4-3-5-7-14)22-23-20(16)21(15)24(18)2/h3-8,11-12,16,19,22H,9-10H2,1-2H3/t16-,19-/m1/s1. The van der Waals surface area contributed by atoms with Crippen LogP contribution in [0.3, 0.4) is 0 Å². The molecule has 0 saturated carbocycles. The normalized spacial score (nSPS) is 22.0. The van der Waals surface area contributed by atoms with Crippen LogP contribution in [-0.4, -0.2) is 10.3 Å². The van der Waals surface area contributed by atoms with E-state index in [1.54, 1.807) is 0 Å². The van der Waals surface area contributed by atoms with Crippen LogP contribution in [0.25, 0.3) is 10.9 Å². The van der Waals surface area contributed by atoms with Crippen LogP contribution in [0.15, 0.2) is 53.6 Å². The van der Waals surface area contributed by atoms with E-state index in [-0.39, 0.29) is 0 Å². The summed E-state index contributed by atoms with van der Waals surface area (Å²) < 4.78 is 2.34. The Hall–Kier alpha value is -2.55. The first-order chi connectivity index (χ1) is 11.7. The zero-order valence-electron chi connectivity index (χ0n) is 14.1. The number of hydrogen-bond donors (Lipinski definition) is 1. The van der Waals surface area contributed by atoms with Crippen molar-refractivity contribution in [1.29, 1.82) is 0 Å². The van der Waals surface area contributed by atoms with Gasteiger partial charge in [-0.3, -0.25) is 0 Å². The lowest BCUT2D eigenvalue weighted by Gasteiger charge is -2.25. The molecular weight excluding hydrogens is 294 g/mol. The number of aryl methyl sites for hydroxylation is 3. The van der Waals surface area contributed by atoms with E-state index in [0.717, 1.165) is 12.8 Å². The first-order valence-corrected chi connectivity index (χ1v) is 8.70. The number of aromatic nitrogens is 1. The fourth-order valence-electron chi connectivity index (χ4n) is 4.48. The van der Waals surface area contributed by atoms with Crippen molar-refractivity contribution in [3.63, 3.8) is 0 Å². The molecule has 5 rings (SSSR count). The van der Waals surface area contributed by atoms with Gasteiger partial charge in [-0.25, -0.2) is 0 Å². The molecule has 2 aromatic carbocycles. The summed E-state index contributed by atoms with van der Waals surface area (Å²) in [7, 11) is 2.18. The maximum atomic E-state index is 4.78. The van der Waals surface area contributed by atoms with Crippen LogP contribution in [-0.2, 0) is 13.5 Å². The van der Waals surface area contributed by atoms with Gasteiger partial charge in [-0.1, -0.05) is 42.0 Å². The second-order valence-electron chi connectivity index (χ2n) is 7.07. The first kappa shape index (κ1) is 13.8. The summed E-state index contributed by atoms with van der Waals surface area (Å²) in [4.78, 5) is 0. The average molecular weight is 315 g/mol. The van der Waals surface area contributed by atoms with Crippen molar-refractivity contribution in [3.05, 3.63) is 70.9 Å². The van der Waals surface area contributed by atoms with Crippen molar-refractivity contribution in [2.75, 3.05) is 0 Å². The maximum absolute atomic E-state index is 4.78. The molecule has 0 saturated heterocycles. The summed E-state index contributed by atoms with van der Waals surface area (Å²) in [6.07, 6.45) is 2.29. The number of rotatable bonds is 1. The van der Waals surface area contributed by atoms with Crippen LogP contribution in [0.1, 0.15) is 34.8 Å². The minimum atomic E-state index is 0.300. The molecule has 1 aliphatic heterocycles. The Morgan fingerprint density at radius 2 is 1.96 bits per heavy atom. The van der Waals surface area contributed by atoms with Crippen molar-refractivity contribution in [2.24, 2.45) is 18.1 Å². The molecule has 120 valence electrons. The topological polar surface area (TPSA) is 29.3 Å². The molecule has 0 bridgehead atoms. The largest absolute Gasteiger partial charge is 0.342 e. The highest BCUT2D eigenvalue weighted by Gasteiger charge is 2.39. The van der Waals surface area contributed by atoms with Gasteiger partial charge in [0.2, 0.25) is 0 Å². The van der Waals surface area contributed by atoms with Crippen LogP contribution in [0, 0.1) is 12.8 Å². The van der Waals surface area contributed by atoms with Gasteiger partial charge in [0, 0.05) is 23.9 Å². The van der Waals surface area contributed by atoms with Gasteiger partial charge in [-0.15, -0.1) is 0 Å². The molecule has 1 N–H and O–H groups in total. The second kappa shape index (κ2) is 4.97. The average Bonchev–Trinajstić information content (AvgIpc) is 3.15. The Morgan fingerprint density at radius 1 is 1.12 bits per heavy atom. The van der Waals surface area contributed by atoms with E-state index in [2.05, 4.69) is 72.5 Å². The molecule has 0 radical (unpaired) electrons. The molecule has 3 nitrogen and oxygen atoms in total. The summed E-state index contributed by atoms with van der Waals surface area (Å²) in [5.74, 6) is 0.462. The first-order valence-electron chi connectivity index (χ1n) is 8.70. The van der Waals surface area contributed by atoms with Crippen molar-refractivity contribution < 1.29 is 0 Å². The quantitative estimate of drug-likeness (QED) is 0.720. The molecular formula is C21H21N3.